The SMILES string of the molecule is O=COc1ccc(CN(Cc2ccccc2)Cc2ccc(F)cc2)cc1. The van der Waals surface area contributed by atoms with Gasteiger partial charge in [0.2, 0.25) is 0 Å². The summed E-state index contributed by atoms with van der Waals surface area (Å²) in [4.78, 5) is 12.7. The standard InChI is InChI=1S/C22H20FNO2/c23-21-10-6-19(7-11-21)15-24(14-18-4-2-1-3-5-18)16-20-8-12-22(13-9-20)26-17-25/h1-13,17H,14-16H2. The molecule has 3 aromatic rings. The molecule has 0 saturated heterocycles. The van der Waals surface area contributed by atoms with Crippen molar-refractivity contribution in [1.29, 1.82) is 0 Å². The van der Waals surface area contributed by atoms with Gasteiger partial charge in [-0.1, -0.05) is 54.6 Å². The van der Waals surface area contributed by atoms with E-state index in [0.29, 0.717) is 18.8 Å². The van der Waals surface area contributed by atoms with Crippen LogP contribution in [0.2, 0.25) is 0 Å². The number of carbonyl (C=O) groups is 1. The summed E-state index contributed by atoms with van der Waals surface area (Å²) >= 11 is 0. The van der Waals surface area contributed by atoms with Crippen LogP contribution in [0.4, 0.5) is 4.39 Å². The number of carbonyl (C=O) groups excluding carboxylic acids is 1. The number of benzene rings is 3. The van der Waals surface area contributed by atoms with Crippen LogP contribution in [0.25, 0.3) is 0 Å². The van der Waals surface area contributed by atoms with E-state index < -0.39 is 0 Å². The second-order valence-corrected chi connectivity index (χ2v) is 6.12. The highest BCUT2D eigenvalue weighted by Crippen LogP contribution is 2.17. The van der Waals surface area contributed by atoms with Crippen molar-refractivity contribution >= 4 is 6.47 Å². The highest BCUT2D eigenvalue weighted by molar-refractivity contribution is 5.45. The monoisotopic (exact) mass is 349 g/mol. The van der Waals surface area contributed by atoms with Gasteiger partial charge in [-0.05, 0) is 41.0 Å². The van der Waals surface area contributed by atoms with Gasteiger partial charge in [-0.25, -0.2) is 4.39 Å². The lowest BCUT2D eigenvalue weighted by Gasteiger charge is -2.23. The molecule has 0 aromatic heterocycles. The molecule has 3 nitrogen and oxygen atoms in total. The molecule has 0 radical (unpaired) electrons. The van der Waals surface area contributed by atoms with Crippen LogP contribution in [0.5, 0.6) is 5.75 Å². The third-order valence-corrected chi connectivity index (χ3v) is 4.08. The zero-order valence-corrected chi connectivity index (χ0v) is 14.3. The molecule has 0 bridgehead atoms. The van der Waals surface area contributed by atoms with Gasteiger partial charge in [-0.2, -0.15) is 0 Å². The van der Waals surface area contributed by atoms with E-state index >= 15 is 0 Å². The van der Waals surface area contributed by atoms with Crippen molar-refractivity contribution < 1.29 is 13.9 Å². The number of hydrogen-bond donors (Lipinski definition) is 0. The molecule has 3 aromatic carbocycles. The normalized spacial score (nSPS) is 10.7. The zero-order chi connectivity index (χ0) is 18.2. The second kappa shape index (κ2) is 8.92. The Balaban J connectivity index is 1.75. The Hall–Kier alpha value is -2.98. The first-order valence-corrected chi connectivity index (χ1v) is 8.43. The zero-order valence-electron chi connectivity index (χ0n) is 14.3. The van der Waals surface area contributed by atoms with E-state index in [9.17, 15) is 9.18 Å². The number of ether oxygens (including phenoxy) is 1. The van der Waals surface area contributed by atoms with Gasteiger partial charge >= 0.3 is 0 Å². The first kappa shape index (κ1) is 17.8. The Morgan fingerprint density at radius 3 is 1.77 bits per heavy atom. The molecule has 26 heavy (non-hydrogen) atoms. The van der Waals surface area contributed by atoms with E-state index in [0.717, 1.165) is 24.2 Å². The predicted molar refractivity (Wildman–Crippen MR) is 98.9 cm³/mol. The predicted octanol–water partition coefficient (Wildman–Crippen LogP) is 4.56. The smallest absolute Gasteiger partial charge is 0.298 e. The lowest BCUT2D eigenvalue weighted by Crippen LogP contribution is -2.22. The number of halogens is 1. The summed E-state index contributed by atoms with van der Waals surface area (Å²) in [6.45, 7) is 2.64. The van der Waals surface area contributed by atoms with Crippen molar-refractivity contribution in [3.63, 3.8) is 0 Å². The summed E-state index contributed by atoms with van der Waals surface area (Å²) in [5.74, 6) is 0.297. The fraction of sp³-hybridized carbons (Fsp3) is 0.136. The van der Waals surface area contributed by atoms with Gasteiger partial charge in [-0.15, -0.1) is 0 Å². The van der Waals surface area contributed by atoms with Gasteiger partial charge in [-0.3, -0.25) is 9.69 Å². The Labute approximate surface area is 152 Å². The Morgan fingerprint density at radius 1 is 0.731 bits per heavy atom. The molecule has 132 valence electrons. The molecular weight excluding hydrogens is 329 g/mol. The third-order valence-electron chi connectivity index (χ3n) is 4.08. The van der Waals surface area contributed by atoms with Gasteiger partial charge in [0, 0.05) is 19.6 Å². The highest BCUT2D eigenvalue weighted by atomic mass is 19.1. The minimum absolute atomic E-state index is 0.228. The number of hydrogen-bond acceptors (Lipinski definition) is 3. The number of nitrogens with zero attached hydrogens (tertiary/aromatic N) is 1. The molecule has 0 aliphatic rings. The maximum atomic E-state index is 13.2. The highest BCUT2D eigenvalue weighted by Gasteiger charge is 2.09. The molecule has 0 saturated carbocycles. The molecule has 3 rings (SSSR count). The average Bonchev–Trinajstić information content (AvgIpc) is 2.66. The van der Waals surface area contributed by atoms with Crippen LogP contribution in [-0.4, -0.2) is 11.4 Å². The van der Waals surface area contributed by atoms with Crippen molar-refractivity contribution in [3.8, 4) is 5.75 Å². The van der Waals surface area contributed by atoms with Crippen molar-refractivity contribution in [2.45, 2.75) is 19.6 Å². The van der Waals surface area contributed by atoms with Crippen LogP contribution >= 0.6 is 0 Å². The van der Waals surface area contributed by atoms with Crippen molar-refractivity contribution in [1.82, 2.24) is 4.90 Å². The lowest BCUT2D eigenvalue weighted by atomic mass is 10.1. The molecule has 0 fully saturated rings. The van der Waals surface area contributed by atoms with E-state index in [2.05, 4.69) is 17.0 Å². The van der Waals surface area contributed by atoms with E-state index in [-0.39, 0.29) is 5.82 Å². The molecule has 0 aliphatic carbocycles. The summed E-state index contributed by atoms with van der Waals surface area (Å²) in [5, 5.41) is 0. The third kappa shape index (κ3) is 5.26. The molecule has 4 heteroatoms. The van der Waals surface area contributed by atoms with Gasteiger partial charge in [0.1, 0.15) is 11.6 Å². The summed E-state index contributed by atoms with van der Waals surface area (Å²) in [6, 6.07) is 24.3. The van der Waals surface area contributed by atoms with Crippen molar-refractivity contribution in [2.24, 2.45) is 0 Å². The maximum absolute atomic E-state index is 13.2. The van der Waals surface area contributed by atoms with Crippen LogP contribution in [0.1, 0.15) is 16.7 Å². The number of rotatable bonds is 8. The molecular formula is C22H20FNO2. The van der Waals surface area contributed by atoms with E-state index in [1.165, 1.54) is 17.7 Å². The topological polar surface area (TPSA) is 29.5 Å². The van der Waals surface area contributed by atoms with Crippen LogP contribution in [0.3, 0.4) is 0 Å². The summed E-state index contributed by atoms with van der Waals surface area (Å²) in [7, 11) is 0. The summed E-state index contributed by atoms with van der Waals surface area (Å²) in [5.41, 5.74) is 3.39. The van der Waals surface area contributed by atoms with Crippen LogP contribution in [0.15, 0.2) is 78.9 Å². The quantitative estimate of drug-likeness (QED) is 0.558. The first-order valence-electron chi connectivity index (χ1n) is 8.43. The maximum Gasteiger partial charge on any atom is 0.298 e. The Bertz CT molecular complexity index is 817. The summed E-state index contributed by atoms with van der Waals surface area (Å²) in [6.07, 6.45) is 0. The molecule has 0 atom stereocenters. The van der Waals surface area contributed by atoms with E-state index in [4.69, 9.17) is 4.74 Å². The fourth-order valence-corrected chi connectivity index (χ4v) is 2.84. The molecule has 0 amide bonds. The van der Waals surface area contributed by atoms with Gasteiger partial charge in [0.05, 0.1) is 0 Å². The van der Waals surface area contributed by atoms with Gasteiger partial charge < -0.3 is 4.74 Å². The molecule has 0 N–H and O–H groups in total. The van der Waals surface area contributed by atoms with E-state index in [1.807, 2.05) is 42.5 Å². The van der Waals surface area contributed by atoms with Crippen molar-refractivity contribution in [3.05, 3.63) is 101 Å². The minimum Gasteiger partial charge on any atom is -0.429 e. The van der Waals surface area contributed by atoms with Gasteiger partial charge in [0.25, 0.3) is 6.47 Å². The molecule has 0 unspecified atom stereocenters. The molecule has 0 aliphatic heterocycles. The van der Waals surface area contributed by atoms with Crippen molar-refractivity contribution in [2.75, 3.05) is 0 Å². The first-order chi connectivity index (χ1) is 12.7. The van der Waals surface area contributed by atoms with Crippen LogP contribution in [-0.2, 0) is 24.4 Å². The largest absolute Gasteiger partial charge is 0.429 e. The van der Waals surface area contributed by atoms with Crippen LogP contribution in [0, 0.1) is 5.82 Å². The molecule has 0 heterocycles. The Morgan fingerprint density at radius 2 is 1.23 bits per heavy atom. The van der Waals surface area contributed by atoms with E-state index in [1.54, 1.807) is 12.1 Å². The molecule has 0 spiro atoms. The Kier molecular flexibility index (Phi) is 6.12. The summed E-state index contributed by atoms with van der Waals surface area (Å²) < 4.78 is 18.0. The minimum atomic E-state index is -0.228. The second-order valence-electron chi connectivity index (χ2n) is 6.12. The van der Waals surface area contributed by atoms with Gasteiger partial charge in [0.15, 0.2) is 0 Å². The fourth-order valence-electron chi connectivity index (χ4n) is 2.84. The lowest BCUT2D eigenvalue weighted by molar-refractivity contribution is -0.120. The average molecular weight is 349 g/mol. The van der Waals surface area contributed by atoms with Crippen LogP contribution < -0.4 is 4.74 Å².